The molecule has 0 unspecified atom stereocenters. The summed E-state index contributed by atoms with van der Waals surface area (Å²) in [6.07, 6.45) is -6.07. The zero-order valence-electron chi connectivity index (χ0n) is 9.90. The maximum Gasteiger partial charge on any atom is 0.351 e. The number of rotatable bonds is 2. The number of aromatic nitrogens is 2. The van der Waals surface area contributed by atoms with Crippen molar-refractivity contribution in [3.63, 3.8) is 0 Å². The van der Waals surface area contributed by atoms with E-state index in [0.29, 0.717) is 4.57 Å². The van der Waals surface area contributed by atoms with Gasteiger partial charge in [0, 0.05) is 6.20 Å². The van der Waals surface area contributed by atoms with Crippen LogP contribution >= 0.6 is 0 Å². The Bertz CT molecular complexity index is 534. The molecule has 0 aliphatic carbocycles. The standard InChI is InChI=1S/C10H13F2N3O4/c1-4(16)6-7(17)10(11,12)8(19-6)15-3-2-5(13)14-9(15)18/h2-4,6-8,16-17H,1H3,(H2,13,14,18)/t4-,6-,7-,8-/m1/s1. The van der Waals surface area contributed by atoms with E-state index in [1.54, 1.807) is 0 Å². The normalized spacial score (nSPS) is 31.3. The van der Waals surface area contributed by atoms with E-state index in [-0.39, 0.29) is 5.82 Å². The minimum absolute atomic E-state index is 0.116. The maximum absolute atomic E-state index is 13.9. The lowest BCUT2D eigenvalue weighted by Gasteiger charge is -2.20. The van der Waals surface area contributed by atoms with Gasteiger partial charge in [-0.2, -0.15) is 13.8 Å². The molecule has 106 valence electrons. The summed E-state index contributed by atoms with van der Waals surface area (Å²) in [6.45, 7) is 1.20. The summed E-state index contributed by atoms with van der Waals surface area (Å²) in [6, 6.07) is 1.16. The number of anilines is 1. The number of nitrogen functional groups attached to an aromatic ring is 1. The van der Waals surface area contributed by atoms with E-state index in [1.807, 2.05) is 0 Å². The van der Waals surface area contributed by atoms with Crippen molar-refractivity contribution in [2.24, 2.45) is 0 Å². The number of halogens is 2. The summed E-state index contributed by atoms with van der Waals surface area (Å²) in [4.78, 5) is 14.8. The van der Waals surface area contributed by atoms with Crippen LogP contribution in [0.4, 0.5) is 14.6 Å². The fraction of sp³-hybridized carbons (Fsp3) is 0.600. The highest BCUT2D eigenvalue weighted by atomic mass is 19.3. The predicted octanol–water partition coefficient (Wildman–Crippen LogP) is -0.900. The topological polar surface area (TPSA) is 111 Å². The summed E-state index contributed by atoms with van der Waals surface area (Å²) >= 11 is 0. The molecule has 0 radical (unpaired) electrons. The highest BCUT2D eigenvalue weighted by Crippen LogP contribution is 2.43. The van der Waals surface area contributed by atoms with Crippen molar-refractivity contribution >= 4 is 5.82 Å². The van der Waals surface area contributed by atoms with Gasteiger partial charge >= 0.3 is 11.6 Å². The van der Waals surface area contributed by atoms with Gasteiger partial charge in [-0.15, -0.1) is 0 Å². The highest BCUT2D eigenvalue weighted by Gasteiger charge is 2.60. The first-order valence-corrected chi connectivity index (χ1v) is 5.49. The molecule has 0 saturated carbocycles. The smallest absolute Gasteiger partial charge is 0.351 e. The Balaban J connectivity index is 2.42. The lowest BCUT2D eigenvalue weighted by atomic mass is 10.1. The molecular weight excluding hydrogens is 264 g/mol. The number of aliphatic hydroxyl groups is 2. The molecule has 19 heavy (non-hydrogen) atoms. The minimum atomic E-state index is -3.73. The number of hydrogen-bond donors (Lipinski definition) is 3. The van der Waals surface area contributed by atoms with Crippen LogP contribution in [-0.2, 0) is 4.74 Å². The molecule has 1 aromatic rings. The first-order valence-electron chi connectivity index (χ1n) is 5.49. The first-order chi connectivity index (χ1) is 8.75. The van der Waals surface area contributed by atoms with Gasteiger partial charge in [-0.3, -0.25) is 4.57 Å². The van der Waals surface area contributed by atoms with Crippen molar-refractivity contribution in [2.75, 3.05) is 5.73 Å². The van der Waals surface area contributed by atoms with E-state index in [4.69, 9.17) is 10.5 Å². The van der Waals surface area contributed by atoms with Crippen molar-refractivity contribution in [3.05, 3.63) is 22.7 Å². The first kappa shape index (κ1) is 13.8. The molecule has 2 heterocycles. The zero-order chi connectivity index (χ0) is 14.4. The van der Waals surface area contributed by atoms with Crippen molar-refractivity contribution in [2.45, 2.75) is 37.4 Å². The van der Waals surface area contributed by atoms with Crippen molar-refractivity contribution < 1.29 is 23.7 Å². The summed E-state index contributed by atoms with van der Waals surface area (Å²) < 4.78 is 33.2. The number of nitrogens with two attached hydrogens (primary N) is 1. The predicted molar refractivity (Wildman–Crippen MR) is 59.5 cm³/mol. The molecule has 0 aromatic carbocycles. The van der Waals surface area contributed by atoms with Crippen molar-refractivity contribution in [3.8, 4) is 0 Å². The molecule has 0 amide bonds. The van der Waals surface area contributed by atoms with E-state index in [0.717, 1.165) is 12.3 Å². The zero-order valence-corrected chi connectivity index (χ0v) is 9.90. The summed E-state index contributed by atoms with van der Waals surface area (Å²) in [5.74, 6) is -3.85. The average Bonchev–Trinajstić information content (AvgIpc) is 2.52. The van der Waals surface area contributed by atoms with Gasteiger partial charge in [0.1, 0.15) is 11.9 Å². The largest absolute Gasteiger partial charge is 0.391 e. The molecule has 4 N–H and O–H groups in total. The van der Waals surface area contributed by atoms with Gasteiger partial charge in [0.15, 0.2) is 6.10 Å². The molecule has 1 aliphatic rings. The number of ether oxygens (including phenoxy) is 1. The Hall–Kier alpha value is -1.58. The number of hydrogen-bond acceptors (Lipinski definition) is 6. The van der Waals surface area contributed by atoms with Gasteiger partial charge in [-0.05, 0) is 13.0 Å². The van der Waals surface area contributed by atoms with Crippen LogP contribution in [0.15, 0.2) is 17.1 Å². The Morgan fingerprint density at radius 2 is 2.26 bits per heavy atom. The molecule has 1 fully saturated rings. The maximum atomic E-state index is 13.9. The fourth-order valence-electron chi connectivity index (χ4n) is 1.91. The van der Waals surface area contributed by atoms with Crippen LogP contribution in [0, 0.1) is 0 Å². The van der Waals surface area contributed by atoms with Gasteiger partial charge in [-0.25, -0.2) is 4.79 Å². The summed E-state index contributed by atoms with van der Waals surface area (Å²) in [7, 11) is 0. The van der Waals surface area contributed by atoms with Crippen LogP contribution < -0.4 is 11.4 Å². The third-order valence-corrected chi connectivity index (χ3v) is 2.90. The second kappa shape index (κ2) is 4.51. The van der Waals surface area contributed by atoms with Crippen molar-refractivity contribution in [1.29, 1.82) is 0 Å². The third kappa shape index (κ3) is 2.20. The van der Waals surface area contributed by atoms with Crippen LogP contribution in [-0.4, -0.2) is 44.0 Å². The van der Waals surface area contributed by atoms with Gasteiger partial charge in [0.25, 0.3) is 0 Å². The fourth-order valence-corrected chi connectivity index (χ4v) is 1.91. The molecule has 1 aromatic heterocycles. The molecule has 7 nitrogen and oxygen atoms in total. The lowest BCUT2D eigenvalue weighted by Crippen LogP contribution is -2.43. The minimum Gasteiger partial charge on any atom is -0.391 e. The van der Waals surface area contributed by atoms with Crippen LogP contribution in [0.2, 0.25) is 0 Å². The molecule has 1 saturated heterocycles. The second-order valence-electron chi connectivity index (χ2n) is 4.36. The van der Waals surface area contributed by atoms with Gasteiger partial charge in [-0.1, -0.05) is 0 Å². The van der Waals surface area contributed by atoms with Crippen LogP contribution in [0.25, 0.3) is 0 Å². The molecule has 4 atom stereocenters. The Morgan fingerprint density at radius 3 is 2.74 bits per heavy atom. The molecule has 9 heteroatoms. The molecule has 1 aliphatic heterocycles. The van der Waals surface area contributed by atoms with Gasteiger partial charge in [0.05, 0.1) is 6.10 Å². The van der Waals surface area contributed by atoms with Crippen LogP contribution in [0.1, 0.15) is 13.2 Å². The average molecular weight is 277 g/mol. The molecule has 0 bridgehead atoms. The number of aliphatic hydroxyl groups excluding tert-OH is 2. The van der Waals surface area contributed by atoms with Gasteiger partial charge < -0.3 is 20.7 Å². The lowest BCUT2D eigenvalue weighted by molar-refractivity contribution is -0.141. The van der Waals surface area contributed by atoms with Gasteiger partial charge in [0.2, 0.25) is 6.23 Å². The monoisotopic (exact) mass is 277 g/mol. The number of alkyl halides is 2. The van der Waals surface area contributed by atoms with E-state index >= 15 is 0 Å². The SMILES string of the molecule is C[C@@H](O)[C@H]1O[C@@H](n2ccc(N)nc2=O)C(F)(F)[C@@H]1O. The van der Waals surface area contributed by atoms with E-state index < -0.39 is 36.2 Å². The molecule has 0 spiro atoms. The van der Waals surface area contributed by atoms with Crippen molar-refractivity contribution in [1.82, 2.24) is 9.55 Å². The Morgan fingerprint density at radius 1 is 1.63 bits per heavy atom. The van der Waals surface area contributed by atoms with E-state index in [2.05, 4.69) is 4.98 Å². The quantitative estimate of drug-likeness (QED) is 0.646. The number of nitrogens with zero attached hydrogens (tertiary/aromatic N) is 2. The highest BCUT2D eigenvalue weighted by molar-refractivity contribution is 5.23. The molecular formula is C10H13F2N3O4. The Kier molecular flexibility index (Phi) is 3.29. The third-order valence-electron chi connectivity index (χ3n) is 2.90. The summed E-state index contributed by atoms with van der Waals surface area (Å²) in [5, 5.41) is 18.8. The van der Waals surface area contributed by atoms with Crippen LogP contribution in [0.3, 0.4) is 0 Å². The summed E-state index contributed by atoms with van der Waals surface area (Å²) in [5.41, 5.74) is 4.23. The Labute approximate surface area is 106 Å². The molecule has 2 rings (SSSR count). The van der Waals surface area contributed by atoms with E-state index in [9.17, 15) is 23.8 Å². The van der Waals surface area contributed by atoms with Crippen LogP contribution in [0.5, 0.6) is 0 Å². The van der Waals surface area contributed by atoms with E-state index in [1.165, 1.54) is 6.92 Å². The second-order valence-corrected chi connectivity index (χ2v) is 4.36.